The fourth-order valence-corrected chi connectivity index (χ4v) is 2.66. The highest BCUT2D eigenvalue weighted by molar-refractivity contribution is 5.91. The van der Waals surface area contributed by atoms with Crippen LogP contribution in [0.1, 0.15) is 32.1 Å². The Balaban J connectivity index is 2.44. The van der Waals surface area contributed by atoms with Crippen molar-refractivity contribution in [3.63, 3.8) is 0 Å². The molecule has 2 atom stereocenters. The van der Waals surface area contributed by atoms with Gasteiger partial charge >= 0.3 is 12.3 Å². The van der Waals surface area contributed by atoms with Gasteiger partial charge in [0.2, 0.25) is 0 Å². The average Bonchev–Trinajstić information content (AvgIpc) is 2.53. The van der Waals surface area contributed by atoms with Crippen molar-refractivity contribution >= 4 is 11.8 Å². The van der Waals surface area contributed by atoms with Gasteiger partial charge in [-0.1, -0.05) is 12.8 Å². The summed E-state index contributed by atoms with van der Waals surface area (Å²) in [6, 6.07) is 0. The Bertz CT molecular complexity index is 410. The first-order valence-electron chi connectivity index (χ1n) is 6.07. The molecule has 0 aromatic heterocycles. The van der Waals surface area contributed by atoms with Gasteiger partial charge in [0.1, 0.15) is 0 Å². The molecular weight excluding hydrogens is 265 g/mol. The molecule has 5 nitrogen and oxygen atoms in total. The molecule has 19 heavy (non-hydrogen) atoms. The summed E-state index contributed by atoms with van der Waals surface area (Å²) < 4.78 is 43.9. The second-order valence-corrected chi connectivity index (χ2v) is 4.75. The Morgan fingerprint density at radius 2 is 2.16 bits per heavy atom. The van der Waals surface area contributed by atoms with Gasteiger partial charge < -0.3 is 9.84 Å². The highest BCUT2D eigenvalue weighted by Gasteiger charge is 2.68. The number of carbonyl (C=O) groups excluding carboxylic acids is 1. The first-order valence-corrected chi connectivity index (χ1v) is 6.07. The first kappa shape index (κ1) is 14.1. The predicted octanol–water partition coefficient (Wildman–Crippen LogP) is 2.26. The van der Waals surface area contributed by atoms with Crippen molar-refractivity contribution in [1.29, 1.82) is 0 Å². The van der Waals surface area contributed by atoms with Crippen molar-refractivity contribution in [2.75, 3.05) is 7.11 Å². The summed E-state index contributed by atoms with van der Waals surface area (Å²) in [4.78, 5) is 11.4. The smallest absolute Gasteiger partial charge is 0.439 e. The van der Waals surface area contributed by atoms with Crippen LogP contribution in [0.5, 0.6) is 0 Å². The summed E-state index contributed by atoms with van der Waals surface area (Å²) in [5, 5.41) is 13.8. The van der Waals surface area contributed by atoms with Crippen LogP contribution in [-0.2, 0) is 4.74 Å². The number of ether oxygens (including phenoxy) is 1. The lowest BCUT2D eigenvalue weighted by atomic mass is 9.87. The third-order valence-corrected chi connectivity index (χ3v) is 3.63. The van der Waals surface area contributed by atoms with Crippen molar-refractivity contribution in [1.82, 2.24) is 5.01 Å². The molecule has 0 spiro atoms. The zero-order valence-electron chi connectivity index (χ0n) is 10.4. The largest absolute Gasteiger partial charge is 0.451 e. The molecule has 0 saturated heterocycles. The SMILES string of the molecule is COC(=O)N1N=C2CCCCC[C@H]2[C@]1(O)C(F)(F)F. The number of hydrogen-bond acceptors (Lipinski definition) is 4. The van der Waals surface area contributed by atoms with Crippen molar-refractivity contribution in [2.45, 2.75) is 44.0 Å². The number of hydrazone groups is 1. The molecular formula is C11H15F3N2O3. The van der Waals surface area contributed by atoms with Crippen LogP contribution in [0.4, 0.5) is 18.0 Å². The van der Waals surface area contributed by atoms with E-state index in [-0.39, 0.29) is 17.1 Å². The minimum atomic E-state index is -4.98. The van der Waals surface area contributed by atoms with Crippen LogP contribution in [0.2, 0.25) is 0 Å². The molecule has 108 valence electrons. The summed E-state index contributed by atoms with van der Waals surface area (Å²) in [5.74, 6) is -1.20. The molecule has 0 aromatic rings. The van der Waals surface area contributed by atoms with Crippen LogP contribution in [0.25, 0.3) is 0 Å². The Hall–Kier alpha value is -1.31. The van der Waals surface area contributed by atoms with Crippen LogP contribution in [0.3, 0.4) is 0 Å². The van der Waals surface area contributed by atoms with E-state index >= 15 is 0 Å². The molecule has 1 saturated carbocycles. The van der Waals surface area contributed by atoms with Crippen LogP contribution in [-0.4, -0.2) is 40.9 Å². The number of nitrogens with zero attached hydrogens (tertiary/aromatic N) is 2. The Kier molecular flexibility index (Phi) is 3.46. The number of fused-ring (bicyclic) bond motifs is 1. The number of halogens is 3. The second kappa shape index (κ2) is 4.66. The zero-order chi connectivity index (χ0) is 14.3. The van der Waals surface area contributed by atoms with Gasteiger partial charge in [0.05, 0.1) is 13.0 Å². The van der Waals surface area contributed by atoms with Gasteiger partial charge in [-0.05, 0) is 19.3 Å². The molecule has 1 N–H and O–H groups in total. The van der Waals surface area contributed by atoms with E-state index in [1.807, 2.05) is 0 Å². The maximum atomic E-state index is 13.2. The van der Waals surface area contributed by atoms with Crippen molar-refractivity contribution in [3.8, 4) is 0 Å². The van der Waals surface area contributed by atoms with Crippen molar-refractivity contribution in [2.24, 2.45) is 11.0 Å². The summed E-state index contributed by atoms with van der Waals surface area (Å²) in [6.45, 7) is 0. The lowest BCUT2D eigenvalue weighted by Gasteiger charge is -2.36. The molecule has 1 aliphatic heterocycles. The van der Waals surface area contributed by atoms with E-state index in [2.05, 4.69) is 9.84 Å². The number of aliphatic hydroxyl groups is 1. The lowest BCUT2D eigenvalue weighted by molar-refractivity contribution is -0.314. The van der Waals surface area contributed by atoms with Crippen LogP contribution >= 0.6 is 0 Å². The molecule has 8 heteroatoms. The first-order chi connectivity index (χ1) is 8.82. The van der Waals surface area contributed by atoms with Crippen LogP contribution in [0, 0.1) is 5.92 Å². The third-order valence-electron chi connectivity index (χ3n) is 3.63. The Morgan fingerprint density at radius 3 is 2.74 bits per heavy atom. The fourth-order valence-electron chi connectivity index (χ4n) is 2.66. The van der Waals surface area contributed by atoms with Gasteiger partial charge in [-0.2, -0.15) is 23.3 Å². The average molecular weight is 280 g/mol. The fraction of sp³-hybridized carbons (Fsp3) is 0.818. The minimum Gasteiger partial charge on any atom is -0.451 e. The maximum Gasteiger partial charge on any atom is 0.439 e. The highest BCUT2D eigenvalue weighted by Crippen LogP contribution is 2.47. The summed E-state index contributed by atoms with van der Waals surface area (Å²) in [6.07, 6.45) is -3.71. The van der Waals surface area contributed by atoms with Crippen LogP contribution < -0.4 is 0 Å². The van der Waals surface area contributed by atoms with E-state index in [0.717, 1.165) is 13.5 Å². The molecule has 1 fully saturated rings. The third kappa shape index (κ3) is 2.07. The number of amides is 1. The maximum absolute atomic E-state index is 13.2. The Morgan fingerprint density at radius 1 is 1.47 bits per heavy atom. The highest BCUT2D eigenvalue weighted by atomic mass is 19.4. The second-order valence-electron chi connectivity index (χ2n) is 4.75. The lowest BCUT2D eigenvalue weighted by Crippen LogP contribution is -2.61. The van der Waals surface area contributed by atoms with Crippen molar-refractivity contribution in [3.05, 3.63) is 0 Å². The monoisotopic (exact) mass is 280 g/mol. The topological polar surface area (TPSA) is 62.1 Å². The number of rotatable bonds is 0. The quantitative estimate of drug-likeness (QED) is 0.740. The van der Waals surface area contributed by atoms with Gasteiger partial charge in [-0.3, -0.25) is 0 Å². The van der Waals surface area contributed by atoms with E-state index in [4.69, 9.17) is 0 Å². The number of methoxy groups -OCH3 is 1. The van der Waals surface area contributed by atoms with E-state index in [9.17, 15) is 23.1 Å². The minimum absolute atomic E-state index is 0.0400. The summed E-state index contributed by atoms with van der Waals surface area (Å²) >= 11 is 0. The van der Waals surface area contributed by atoms with Gasteiger partial charge in [0.15, 0.2) is 0 Å². The van der Waals surface area contributed by atoms with Gasteiger partial charge in [-0.25, -0.2) is 4.79 Å². The van der Waals surface area contributed by atoms with Gasteiger partial charge in [0.25, 0.3) is 5.72 Å². The standard InChI is InChI=1S/C11H15F3N2O3/c1-19-9(17)16-10(18,11(12,13)14)7-5-3-2-4-6-8(7)15-16/h7,18H,2-6H2,1H3/t7-,10+/m1/s1. The molecule has 1 aliphatic carbocycles. The van der Waals surface area contributed by atoms with Gasteiger partial charge in [-0.15, -0.1) is 0 Å². The predicted molar refractivity (Wildman–Crippen MR) is 59.3 cm³/mol. The van der Waals surface area contributed by atoms with Crippen molar-refractivity contribution < 1.29 is 27.8 Å². The molecule has 2 rings (SSSR count). The van der Waals surface area contributed by atoms with E-state index in [1.165, 1.54) is 0 Å². The number of carbonyl (C=O) groups is 1. The Labute approximate surface area is 108 Å². The molecule has 0 radical (unpaired) electrons. The molecule has 1 heterocycles. The zero-order valence-corrected chi connectivity index (χ0v) is 10.4. The molecule has 2 aliphatic rings. The van der Waals surface area contributed by atoms with E-state index in [1.54, 1.807) is 0 Å². The molecule has 1 amide bonds. The number of alkyl halides is 3. The molecule has 0 aromatic carbocycles. The van der Waals surface area contributed by atoms with Crippen LogP contribution in [0.15, 0.2) is 5.10 Å². The van der Waals surface area contributed by atoms with E-state index < -0.39 is 23.9 Å². The van der Waals surface area contributed by atoms with Gasteiger partial charge in [0, 0.05) is 5.71 Å². The molecule has 0 bridgehead atoms. The normalized spacial score (nSPS) is 31.5. The summed E-state index contributed by atoms with van der Waals surface area (Å²) in [7, 11) is 0.952. The summed E-state index contributed by atoms with van der Waals surface area (Å²) in [5.41, 5.74) is -3.07. The molecule has 0 unspecified atom stereocenters. The van der Waals surface area contributed by atoms with E-state index in [0.29, 0.717) is 19.3 Å². The number of hydrogen-bond donors (Lipinski definition) is 1.